The summed E-state index contributed by atoms with van der Waals surface area (Å²) in [5, 5.41) is 12.2. The second kappa shape index (κ2) is 8.78. The fraction of sp³-hybridized carbons (Fsp3) is 0.211. The largest absolute Gasteiger partial charge is 0.488 e. The molecule has 0 radical (unpaired) electrons. The number of halogens is 1. The highest BCUT2D eigenvalue weighted by Crippen LogP contribution is 2.18. The molecule has 0 unspecified atom stereocenters. The molecule has 26 heavy (non-hydrogen) atoms. The van der Waals surface area contributed by atoms with Gasteiger partial charge in [-0.05, 0) is 48.5 Å². The number of nitrogens with one attached hydrogen (secondary N) is 1. The van der Waals surface area contributed by atoms with E-state index < -0.39 is 0 Å². The lowest BCUT2D eigenvalue weighted by molar-refractivity contribution is 0.306. The van der Waals surface area contributed by atoms with Gasteiger partial charge in [-0.3, -0.25) is 5.10 Å². The van der Waals surface area contributed by atoms with Crippen LogP contribution in [0.1, 0.15) is 30.3 Å². The predicted molar refractivity (Wildman–Crippen MR) is 107 cm³/mol. The van der Waals surface area contributed by atoms with Gasteiger partial charge in [-0.15, -0.1) is 0 Å². The van der Waals surface area contributed by atoms with Gasteiger partial charge in [0.25, 0.3) is 0 Å². The Balaban J connectivity index is 1.78. The summed E-state index contributed by atoms with van der Waals surface area (Å²) in [6.45, 7) is 2.54. The van der Waals surface area contributed by atoms with Crippen molar-refractivity contribution >= 4 is 30.0 Å². The number of para-hydroxylation sites is 1. The van der Waals surface area contributed by atoms with Crippen molar-refractivity contribution in [2.24, 2.45) is 5.10 Å². The number of aryl methyl sites for hydroxylation is 1. The first-order valence-electron chi connectivity index (χ1n) is 8.34. The highest BCUT2D eigenvalue weighted by molar-refractivity contribution is 7.71. The molecule has 0 saturated heterocycles. The van der Waals surface area contributed by atoms with E-state index in [2.05, 4.69) is 22.2 Å². The monoisotopic (exact) mass is 386 g/mol. The van der Waals surface area contributed by atoms with Gasteiger partial charge in [0.15, 0.2) is 5.82 Å². The van der Waals surface area contributed by atoms with E-state index in [1.54, 1.807) is 10.9 Å². The predicted octanol–water partition coefficient (Wildman–Crippen LogP) is 5.01. The van der Waals surface area contributed by atoms with Gasteiger partial charge in [0, 0.05) is 17.0 Å². The third-order valence-corrected chi connectivity index (χ3v) is 4.25. The second-order valence-corrected chi connectivity index (χ2v) is 6.53. The molecule has 0 aliphatic carbocycles. The Morgan fingerprint density at radius 1 is 1.23 bits per heavy atom. The molecule has 0 atom stereocenters. The Bertz CT molecular complexity index is 947. The number of nitrogens with zero attached hydrogens (tertiary/aromatic N) is 3. The Labute approximate surface area is 162 Å². The molecule has 0 aliphatic heterocycles. The van der Waals surface area contributed by atoms with E-state index in [0.29, 0.717) is 16.4 Å². The third kappa shape index (κ3) is 4.59. The van der Waals surface area contributed by atoms with Crippen LogP contribution in [0.25, 0.3) is 0 Å². The molecule has 0 spiro atoms. The van der Waals surface area contributed by atoms with Crippen LogP contribution in [0.2, 0.25) is 5.02 Å². The number of H-pyrrole nitrogens is 1. The summed E-state index contributed by atoms with van der Waals surface area (Å²) in [5.74, 6) is 1.56. The lowest BCUT2D eigenvalue weighted by Crippen LogP contribution is -2.01. The summed E-state index contributed by atoms with van der Waals surface area (Å²) in [6, 6.07) is 15.3. The maximum absolute atomic E-state index is 5.95. The van der Waals surface area contributed by atoms with E-state index >= 15 is 0 Å². The van der Waals surface area contributed by atoms with E-state index in [-0.39, 0.29) is 0 Å². The Morgan fingerprint density at radius 2 is 2.00 bits per heavy atom. The number of aromatic nitrogens is 3. The molecule has 0 bridgehead atoms. The van der Waals surface area contributed by atoms with Gasteiger partial charge in [-0.2, -0.15) is 14.9 Å². The van der Waals surface area contributed by atoms with Gasteiger partial charge in [-0.25, -0.2) is 0 Å². The minimum Gasteiger partial charge on any atom is -0.488 e. The van der Waals surface area contributed by atoms with Crippen LogP contribution >= 0.6 is 23.8 Å². The molecular weight excluding hydrogens is 368 g/mol. The number of benzene rings is 2. The molecule has 7 heteroatoms. The van der Waals surface area contributed by atoms with Gasteiger partial charge in [0.1, 0.15) is 12.4 Å². The Hall–Kier alpha value is -2.44. The van der Waals surface area contributed by atoms with Crippen molar-refractivity contribution < 1.29 is 4.74 Å². The Kier molecular flexibility index (Phi) is 6.20. The highest BCUT2D eigenvalue weighted by atomic mass is 35.5. The smallest absolute Gasteiger partial charge is 0.216 e. The number of aromatic amines is 1. The summed E-state index contributed by atoms with van der Waals surface area (Å²) < 4.78 is 8.07. The van der Waals surface area contributed by atoms with Crippen LogP contribution in [0.4, 0.5) is 0 Å². The molecule has 5 nitrogen and oxygen atoms in total. The van der Waals surface area contributed by atoms with Gasteiger partial charge in [0.2, 0.25) is 4.77 Å². The van der Waals surface area contributed by atoms with E-state index in [0.717, 1.165) is 35.5 Å². The Morgan fingerprint density at radius 3 is 2.77 bits per heavy atom. The number of ether oxygens (including phenoxy) is 1. The minimum absolute atomic E-state index is 0.453. The fourth-order valence-corrected chi connectivity index (χ4v) is 2.73. The molecule has 3 rings (SSSR count). The van der Waals surface area contributed by atoms with Crippen molar-refractivity contribution in [3.63, 3.8) is 0 Å². The molecular formula is C19H19ClN4OS. The normalized spacial score (nSPS) is 11.2. The second-order valence-electron chi connectivity index (χ2n) is 5.70. The zero-order valence-electron chi connectivity index (χ0n) is 14.4. The quantitative estimate of drug-likeness (QED) is 0.458. The van der Waals surface area contributed by atoms with Crippen LogP contribution in [0.5, 0.6) is 5.75 Å². The highest BCUT2D eigenvalue weighted by Gasteiger charge is 2.05. The molecule has 1 aromatic heterocycles. The van der Waals surface area contributed by atoms with Crippen LogP contribution in [0.15, 0.2) is 53.6 Å². The van der Waals surface area contributed by atoms with E-state index in [4.69, 9.17) is 28.6 Å². The summed E-state index contributed by atoms with van der Waals surface area (Å²) in [7, 11) is 0. The first kappa shape index (κ1) is 18.4. The van der Waals surface area contributed by atoms with Gasteiger partial charge in [0.05, 0.1) is 6.21 Å². The molecule has 3 aromatic rings. The molecule has 0 amide bonds. The van der Waals surface area contributed by atoms with E-state index in [9.17, 15) is 0 Å². The maximum Gasteiger partial charge on any atom is 0.216 e. The zero-order chi connectivity index (χ0) is 18.4. The van der Waals surface area contributed by atoms with Crippen molar-refractivity contribution in [3.05, 3.63) is 75.3 Å². The van der Waals surface area contributed by atoms with E-state index in [1.807, 2.05) is 48.5 Å². The lowest BCUT2D eigenvalue weighted by Gasteiger charge is -2.09. The SMILES string of the molecule is CCCc1n[nH]c(=S)n1/N=C\c1ccccc1OCc1ccc(Cl)cc1. The molecule has 1 heterocycles. The molecule has 134 valence electrons. The van der Waals surface area contributed by atoms with Crippen molar-refractivity contribution in [1.82, 2.24) is 14.9 Å². The summed E-state index contributed by atoms with van der Waals surface area (Å²) in [4.78, 5) is 0. The average Bonchev–Trinajstić information content (AvgIpc) is 3.00. The first-order valence-corrected chi connectivity index (χ1v) is 9.13. The summed E-state index contributed by atoms with van der Waals surface area (Å²) in [6.07, 6.45) is 3.51. The number of rotatable bonds is 7. The van der Waals surface area contributed by atoms with Crippen molar-refractivity contribution in [3.8, 4) is 5.75 Å². The average molecular weight is 387 g/mol. The molecule has 0 fully saturated rings. The molecule has 1 N–H and O–H groups in total. The molecule has 2 aromatic carbocycles. The maximum atomic E-state index is 5.95. The van der Waals surface area contributed by atoms with Crippen molar-refractivity contribution in [2.75, 3.05) is 0 Å². The zero-order valence-corrected chi connectivity index (χ0v) is 15.9. The number of hydrogen-bond acceptors (Lipinski definition) is 4. The van der Waals surface area contributed by atoms with Crippen LogP contribution in [-0.2, 0) is 13.0 Å². The van der Waals surface area contributed by atoms with Gasteiger partial charge in [-0.1, -0.05) is 42.8 Å². The summed E-state index contributed by atoms with van der Waals surface area (Å²) >= 11 is 11.2. The fourth-order valence-electron chi connectivity index (χ4n) is 2.41. The van der Waals surface area contributed by atoms with Crippen LogP contribution in [0.3, 0.4) is 0 Å². The van der Waals surface area contributed by atoms with Crippen LogP contribution in [0, 0.1) is 4.77 Å². The topological polar surface area (TPSA) is 55.2 Å². The van der Waals surface area contributed by atoms with Crippen LogP contribution < -0.4 is 4.74 Å². The first-order chi connectivity index (χ1) is 12.7. The van der Waals surface area contributed by atoms with Crippen LogP contribution in [-0.4, -0.2) is 21.1 Å². The number of hydrogen-bond donors (Lipinski definition) is 1. The van der Waals surface area contributed by atoms with Crippen molar-refractivity contribution in [2.45, 2.75) is 26.4 Å². The lowest BCUT2D eigenvalue weighted by atomic mass is 10.2. The molecule has 0 aliphatic rings. The summed E-state index contributed by atoms with van der Waals surface area (Å²) in [5.41, 5.74) is 1.91. The minimum atomic E-state index is 0.453. The van der Waals surface area contributed by atoms with E-state index in [1.165, 1.54) is 0 Å². The van der Waals surface area contributed by atoms with Gasteiger partial charge >= 0.3 is 0 Å². The standard InChI is InChI=1S/C19H19ClN4OS/c1-2-5-18-22-23-19(26)24(18)21-12-15-6-3-4-7-17(15)25-13-14-8-10-16(20)11-9-14/h3-4,6-12H,2,5,13H2,1H3,(H,23,26)/b21-12-. The van der Waals surface area contributed by atoms with Crippen molar-refractivity contribution in [1.29, 1.82) is 0 Å². The molecule has 0 saturated carbocycles. The van der Waals surface area contributed by atoms with Gasteiger partial charge < -0.3 is 4.74 Å². The third-order valence-electron chi connectivity index (χ3n) is 3.73.